The lowest BCUT2D eigenvalue weighted by molar-refractivity contribution is 0.360. The zero-order valence-corrected chi connectivity index (χ0v) is 9.19. The molecule has 1 aromatic rings. The van der Waals surface area contributed by atoms with Crippen LogP contribution in [-0.4, -0.2) is 30.7 Å². The summed E-state index contributed by atoms with van der Waals surface area (Å²) in [6, 6.07) is 2.14. The Morgan fingerprint density at radius 3 is 3.00 bits per heavy atom. The van der Waals surface area contributed by atoms with Crippen molar-refractivity contribution in [2.75, 3.05) is 24.5 Å². The first-order chi connectivity index (χ1) is 7.81. The number of piperidine rings is 1. The van der Waals surface area contributed by atoms with Gasteiger partial charge in [0, 0.05) is 25.2 Å². The van der Waals surface area contributed by atoms with Gasteiger partial charge in [-0.05, 0) is 25.3 Å². The Hall–Kier alpha value is -1.16. The van der Waals surface area contributed by atoms with E-state index in [1.54, 1.807) is 12.3 Å². The zero-order valence-electron chi connectivity index (χ0n) is 9.19. The molecule has 0 aliphatic carbocycles. The molecule has 4 heterocycles. The van der Waals surface area contributed by atoms with E-state index in [0.717, 1.165) is 25.3 Å². The predicted octanol–water partition coefficient (Wildman–Crippen LogP) is 1.41. The minimum absolute atomic E-state index is 0.248. The van der Waals surface area contributed by atoms with Gasteiger partial charge in [-0.2, -0.15) is 0 Å². The molecule has 3 aliphatic heterocycles. The van der Waals surface area contributed by atoms with Crippen molar-refractivity contribution in [1.82, 2.24) is 10.3 Å². The summed E-state index contributed by atoms with van der Waals surface area (Å²) < 4.78 is 13.1. The highest BCUT2D eigenvalue weighted by molar-refractivity contribution is 5.44. The fraction of sp³-hybridized carbons (Fsp3) is 0.583. The molecule has 2 atom stereocenters. The van der Waals surface area contributed by atoms with Gasteiger partial charge in [-0.1, -0.05) is 0 Å². The van der Waals surface area contributed by atoms with Crippen molar-refractivity contribution in [3.63, 3.8) is 0 Å². The lowest BCUT2D eigenvalue weighted by atomic mass is 9.97. The zero-order chi connectivity index (χ0) is 11.0. The van der Waals surface area contributed by atoms with Gasteiger partial charge in [-0.15, -0.1) is 0 Å². The topological polar surface area (TPSA) is 28.2 Å². The summed E-state index contributed by atoms with van der Waals surface area (Å²) in [5, 5.41) is 3.54. The van der Waals surface area contributed by atoms with Crippen LogP contribution in [0.15, 0.2) is 18.5 Å². The Balaban J connectivity index is 1.84. The fourth-order valence-electron chi connectivity index (χ4n) is 2.72. The van der Waals surface area contributed by atoms with Crippen LogP contribution in [0.4, 0.5) is 10.1 Å². The molecule has 0 radical (unpaired) electrons. The van der Waals surface area contributed by atoms with Crippen LogP contribution in [-0.2, 0) is 0 Å². The molecule has 86 valence electrons. The van der Waals surface area contributed by atoms with Crippen molar-refractivity contribution in [3.8, 4) is 0 Å². The number of nitrogens with one attached hydrogen (secondary N) is 1. The quantitative estimate of drug-likeness (QED) is 0.777. The summed E-state index contributed by atoms with van der Waals surface area (Å²) in [6.07, 6.45) is 5.54. The molecule has 3 fully saturated rings. The molecule has 2 unspecified atom stereocenters. The third-order valence-corrected chi connectivity index (χ3v) is 3.59. The minimum Gasteiger partial charge on any atom is -0.368 e. The van der Waals surface area contributed by atoms with E-state index in [9.17, 15) is 4.39 Å². The van der Waals surface area contributed by atoms with Crippen molar-refractivity contribution in [1.29, 1.82) is 0 Å². The van der Waals surface area contributed by atoms with E-state index in [1.165, 1.54) is 19.0 Å². The van der Waals surface area contributed by atoms with Gasteiger partial charge in [0.25, 0.3) is 0 Å². The van der Waals surface area contributed by atoms with Crippen LogP contribution < -0.4 is 10.2 Å². The number of halogens is 1. The molecule has 0 spiro atoms. The SMILES string of the molecule is Fc1cncc(N2CC3CCC(C2)NC3)c1. The van der Waals surface area contributed by atoms with Gasteiger partial charge in [-0.25, -0.2) is 4.39 Å². The molecular weight excluding hydrogens is 205 g/mol. The lowest BCUT2D eigenvalue weighted by Crippen LogP contribution is -2.39. The highest BCUT2D eigenvalue weighted by atomic mass is 19.1. The molecule has 0 saturated carbocycles. The summed E-state index contributed by atoms with van der Waals surface area (Å²) >= 11 is 0. The van der Waals surface area contributed by atoms with E-state index in [4.69, 9.17) is 0 Å². The molecule has 4 rings (SSSR count). The first-order valence-electron chi connectivity index (χ1n) is 5.90. The first-order valence-corrected chi connectivity index (χ1v) is 5.90. The monoisotopic (exact) mass is 221 g/mol. The Bertz CT molecular complexity index is 360. The number of rotatable bonds is 1. The standard InChI is InChI=1S/C12H16FN3/c13-10-3-12(6-14-5-10)16-7-9-1-2-11(8-16)15-4-9/h3,5-6,9,11,15H,1-2,4,7-8H2. The lowest BCUT2D eigenvalue weighted by Gasteiger charge is -2.24. The van der Waals surface area contributed by atoms with Crippen LogP contribution in [0.3, 0.4) is 0 Å². The summed E-state index contributed by atoms with van der Waals surface area (Å²) in [5.74, 6) is 0.448. The Kier molecular flexibility index (Phi) is 2.52. The van der Waals surface area contributed by atoms with Crippen LogP contribution >= 0.6 is 0 Å². The number of anilines is 1. The molecule has 3 saturated heterocycles. The van der Waals surface area contributed by atoms with Crippen molar-refractivity contribution < 1.29 is 4.39 Å². The smallest absolute Gasteiger partial charge is 0.143 e. The summed E-state index contributed by atoms with van der Waals surface area (Å²) in [6.45, 7) is 3.10. The molecule has 3 aliphatic rings. The number of hydrogen-bond donors (Lipinski definition) is 1. The van der Waals surface area contributed by atoms with Crippen molar-refractivity contribution in [2.45, 2.75) is 18.9 Å². The highest BCUT2D eigenvalue weighted by Gasteiger charge is 2.29. The van der Waals surface area contributed by atoms with Crippen molar-refractivity contribution in [3.05, 3.63) is 24.3 Å². The molecule has 1 aromatic heterocycles. The first kappa shape index (κ1) is 10.0. The second kappa shape index (κ2) is 4.01. The summed E-state index contributed by atoms with van der Waals surface area (Å²) in [5.41, 5.74) is 0.917. The van der Waals surface area contributed by atoms with Crippen molar-refractivity contribution >= 4 is 5.69 Å². The number of fused-ring (bicyclic) bond motifs is 4. The Labute approximate surface area is 94.7 Å². The van der Waals surface area contributed by atoms with E-state index in [2.05, 4.69) is 15.2 Å². The average Bonchev–Trinajstić information content (AvgIpc) is 2.62. The van der Waals surface area contributed by atoms with E-state index >= 15 is 0 Å². The third-order valence-electron chi connectivity index (χ3n) is 3.59. The molecule has 0 aromatic carbocycles. The highest BCUT2D eigenvalue weighted by Crippen LogP contribution is 2.25. The molecule has 1 N–H and O–H groups in total. The number of pyridine rings is 1. The van der Waals surface area contributed by atoms with E-state index in [-0.39, 0.29) is 5.82 Å². The fourth-order valence-corrected chi connectivity index (χ4v) is 2.72. The largest absolute Gasteiger partial charge is 0.368 e. The van der Waals surface area contributed by atoms with E-state index < -0.39 is 0 Å². The van der Waals surface area contributed by atoms with Gasteiger partial charge in [0.2, 0.25) is 0 Å². The maximum atomic E-state index is 13.1. The van der Waals surface area contributed by atoms with Gasteiger partial charge < -0.3 is 10.2 Å². The van der Waals surface area contributed by atoms with Crippen LogP contribution in [0.1, 0.15) is 12.8 Å². The molecule has 2 bridgehead atoms. The van der Waals surface area contributed by atoms with E-state index in [0.29, 0.717) is 12.0 Å². The molecule has 4 heteroatoms. The third kappa shape index (κ3) is 1.89. The van der Waals surface area contributed by atoms with Crippen molar-refractivity contribution in [2.24, 2.45) is 5.92 Å². The van der Waals surface area contributed by atoms with Crippen LogP contribution in [0, 0.1) is 11.7 Å². The summed E-state index contributed by atoms with van der Waals surface area (Å²) in [4.78, 5) is 6.19. The maximum absolute atomic E-state index is 13.1. The molecule has 0 amide bonds. The molecule has 3 nitrogen and oxygen atoms in total. The second-order valence-corrected chi connectivity index (χ2v) is 4.81. The normalized spacial score (nSPS) is 29.2. The molecular formula is C12H16FN3. The molecule has 16 heavy (non-hydrogen) atoms. The number of nitrogens with zero attached hydrogens (tertiary/aromatic N) is 2. The van der Waals surface area contributed by atoms with Gasteiger partial charge in [0.15, 0.2) is 0 Å². The van der Waals surface area contributed by atoms with Crippen LogP contribution in [0.2, 0.25) is 0 Å². The second-order valence-electron chi connectivity index (χ2n) is 4.81. The minimum atomic E-state index is -0.248. The summed E-state index contributed by atoms with van der Waals surface area (Å²) in [7, 11) is 0. The number of aromatic nitrogens is 1. The van der Waals surface area contributed by atoms with E-state index in [1.807, 2.05) is 0 Å². The van der Waals surface area contributed by atoms with Gasteiger partial charge in [0.1, 0.15) is 5.82 Å². The predicted molar refractivity (Wildman–Crippen MR) is 60.9 cm³/mol. The van der Waals surface area contributed by atoms with Gasteiger partial charge >= 0.3 is 0 Å². The van der Waals surface area contributed by atoms with Crippen LogP contribution in [0.5, 0.6) is 0 Å². The average molecular weight is 221 g/mol. The number of hydrogen-bond acceptors (Lipinski definition) is 3. The van der Waals surface area contributed by atoms with Crippen LogP contribution in [0.25, 0.3) is 0 Å². The van der Waals surface area contributed by atoms with Gasteiger partial charge in [0.05, 0.1) is 18.1 Å². The van der Waals surface area contributed by atoms with Gasteiger partial charge in [-0.3, -0.25) is 4.98 Å². The maximum Gasteiger partial charge on any atom is 0.143 e. The Morgan fingerprint density at radius 1 is 1.31 bits per heavy atom. The Morgan fingerprint density at radius 2 is 2.25 bits per heavy atom.